The molecule has 162 valence electrons. The molecule has 1 aliphatic carbocycles. The Balaban J connectivity index is 1.51. The van der Waals surface area contributed by atoms with Crippen molar-refractivity contribution in [2.75, 3.05) is 20.3 Å². The number of aromatic nitrogens is 1. The highest BCUT2D eigenvalue weighted by Crippen LogP contribution is 2.55. The van der Waals surface area contributed by atoms with Crippen LogP contribution in [0.15, 0.2) is 47.1 Å². The molecule has 10 nitrogen and oxygen atoms in total. The molecule has 4 N–H and O–H groups in total. The number of rotatable bonds is 6. The van der Waals surface area contributed by atoms with E-state index >= 15 is 0 Å². The minimum absolute atomic E-state index is 0.0720. The van der Waals surface area contributed by atoms with E-state index in [1.165, 1.54) is 0 Å². The van der Waals surface area contributed by atoms with E-state index in [1.54, 1.807) is 32.5 Å². The van der Waals surface area contributed by atoms with Crippen molar-refractivity contribution in [2.24, 2.45) is 11.7 Å². The molecule has 0 bridgehead atoms. The summed E-state index contributed by atoms with van der Waals surface area (Å²) in [6.45, 7) is 2.37. The molecular formula is C21H23N5O5. The molecule has 1 amide bonds. The molecule has 0 aromatic carbocycles. The van der Waals surface area contributed by atoms with Crippen molar-refractivity contribution in [3.8, 4) is 0 Å². The number of primary amides is 1. The molecule has 4 aliphatic rings. The lowest BCUT2D eigenvalue weighted by molar-refractivity contribution is -0.137. The number of fused-ring (bicyclic) bond motifs is 4. The number of allylic oxidation sites excluding steroid dienone is 2. The zero-order valence-electron chi connectivity index (χ0n) is 17.2. The van der Waals surface area contributed by atoms with Crippen LogP contribution in [0, 0.1) is 5.92 Å². The number of hydrogen-bond acceptors (Lipinski definition) is 9. The first-order valence-electron chi connectivity index (χ1n) is 10.1. The fourth-order valence-corrected chi connectivity index (χ4v) is 5.20. The topological polar surface area (TPSA) is 146 Å². The second-order valence-corrected chi connectivity index (χ2v) is 8.14. The first-order chi connectivity index (χ1) is 14.9. The summed E-state index contributed by atoms with van der Waals surface area (Å²) in [6, 6.07) is 3.76. The molecule has 5 rings (SSSR count). The summed E-state index contributed by atoms with van der Waals surface area (Å²) in [7, 11) is 1.54. The van der Waals surface area contributed by atoms with E-state index in [0.717, 1.165) is 5.56 Å². The highest BCUT2D eigenvalue weighted by Gasteiger charge is 2.72. The van der Waals surface area contributed by atoms with Crippen molar-refractivity contribution in [3.05, 3.63) is 52.6 Å². The highest BCUT2D eigenvalue weighted by molar-refractivity contribution is 6.25. The molecule has 2 fully saturated rings. The van der Waals surface area contributed by atoms with Crippen molar-refractivity contribution < 1.29 is 23.9 Å². The lowest BCUT2D eigenvalue weighted by Gasteiger charge is -2.39. The number of piperazine rings is 1. The summed E-state index contributed by atoms with van der Waals surface area (Å²) in [5.41, 5.74) is 6.33. The Labute approximate surface area is 178 Å². The molecule has 0 saturated carbocycles. The van der Waals surface area contributed by atoms with Gasteiger partial charge in [0.1, 0.15) is 6.61 Å². The van der Waals surface area contributed by atoms with Crippen LogP contribution in [-0.2, 0) is 25.6 Å². The molecule has 10 heteroatoms. The van der Waals surface area contributed by atoms with Crippen LogP contribution in [0.1, 0.15) is 12.5 Å². The van der Waals surface area contributed by atoms with Crippen LogP contribution in [0.3, 0.4) is 0 Å². The second kappa shape index (κ2) is 6.89. The number of amides is 1. The highest BCUT2D eigenvalue weighted by atomic mass is 16.6. The molecular weight excluding hydrogens is 402 g/mol. The predicted molar refractivity (Wildman–Crippen MR) is 107 cm³/mol. The number of carbonyl (C=O) groups excluding carboxylic acids is 3. The smallest absolute Gasteiger partial charge is 0.404 e. The van der Waals surface area contributed by atoms with Gasteiger partial charge in [-0.05, 0) is 18.6 Å². The number of ketones is 2. The van der Waals surface area contributed by atoms with Crippen molar-refractivity contribution in [1.82, 2.24) is 20.5 Å². The van der Waals surface area contributed by atoms with Crippen LogP contribution < -0.4 is 16.4 Å². The Morgan fingerprint density at radius 1 is 1.42 bits per heavy atom. The third-order valence-electron chi connectivity index (χ3n) is 6.62. The number of nitrogens with one attached hydrogen (secondary N) is 2. The van der Waals surface area contributed by atoms with Crippen molar-refractivity contribution >= 4 is 17.7 Å². The summed E-state index contributed by atoms with van der Waals surface area (Å²) in [5, 5.41) is 6.44. The van der Waals surface area contributed by atoms with E-state index in [-0.39, 0.29) is 36.0 Å². The monoisotopic (exact) mass is 425 g/mol. The van der Waals surface area contributed by atoms with Gasteiger partial charge in [-0.2, -0.15) is 0 Å². The van der Waals surface area contributed by atoms with Crippen LogP contribution in [-0.4, -0.2) is 65.6 Å². The number of pyridine rings is 1. The molecule has 3 aliphatic heterocycles. The zero-order chi connectivity index (χ0) is 21.9. The van der Waals surface area contributed by atoms with Gasteiger partial charge in [0.25, 0.3) is 0 Å². The third-order valence-corrected chi connectivity index (χ3v) is 6.62. The fraction of sp³-hybridized carbons (Fsp3) is 0.429. The van der Waals surface area contributed by atoms with Crippen molar-refractivity contribution in [3.63, 3.8) is 0 Å². The Bertz CT molecular complexity index is 1050. The van der Waals surface area contributed by atoms with Gasteiger partial charge in [0, 0.05) is 49.8 Å². The van der Waals surface area contributed by atoms with Crippen LogP contribution >= 0.6 is 0 Å². The predicted octanol–water partition coefficient (Wildman–Crippen LogP) is -0.425. The number of methoxy groups -OCH3 is 1. The van der Waals surface area contributed by atoms with E-state index in [0.29, 0.717) is 29.9 Å². The summed E-state index contributed by atoms with van der Waals surface area (Å²) in [6.07, 6.45) is 2.41. The van der Waals surface area contributed by atoms with Crippen molar-refractivity contribution in [2.45, 2.75) is 31.3 Å². The molecule has 4 heterocycles. The number of carbonyl (C=O) groups is 3. The molecule has 1 aromatic rings. The van der Waals surface area contributed by atoms with Gasteiger partial charge >= 0.3 is 6.09 Å². The van der Waals surface area contributed by atoms with E-state index in [4.69, 9.17) is 15.2 Å². The molecule has 4 unspecified atom stereocenters. The molecule has 4 atom stereocenters. The largest absolute Gasteiger partial charge is 0.449 e. The summed E-state index contributed by atoms with van der Waals surface area (Å²) >= 11 is 0. The van der Waals surface area contributed by atoms with Crippen LogP contribution in [0.5, 0.6) is 0 Å². The Hall–Kier alpha value is -3.24. The SMILES string of the molecule is COC12C(COC(N)=O)C3=C(C(=O)C(C)=C(NCc4cccnc4)C3=O)N1CC1NC12. The number of ether oxygens (including phenoxy) is 2. The fourth-order valence-electron chi connectivity index (χ4n) is 5.20. The quantitative estimate of drug-likeness (QED) is 0.408. The number of hydrogen-bond donors (Lipinski definition) is 3. The van der Waals surface area contributed by atoms with Crippen LogP contribution in [0.2, 0.25) is 0 Å². The maximum atomic E-state index is 13.6. The van der Waals surface area contributed by atoms with Gasteiger partial charge in [0.15, 0.2) is 5.72 Å². The van der Waals surface area contributed by atoms with E-state index in [1.807, 2.05) is 11.0 Å². The summed E-state index contributed by atoms with van der Waals surface area (Å²) in [4.78, 5) is 44.3. The molecule has 2 saturated heterocycles. The standard InChI is InChI=1S/C21H23N5O5/c1-10-15(24-7-11-4-3-5-23-6-11)18(28)14-12(9-31-20(22)29)21(30-2)19-13(25-19)8-26(21)16(14)17(10)27/h3-6,12-13,19,24-25H,7-9H2,1-2H3,(H2,22,29). The Kier molecular flexibility index (Phi) is 4.38. The Morgan fingerprint density at radius 2 is 2.23 bits per heavy atom. The molecule has 31 heavy (non-hydrogen) atoms. The minimum atomic E-state index is -0.977. The van der Waals surface area contributed by atoms with Crippen LogP contribution in [0.4, 0.5) is 4.79 Å². The molecule has 0 spiro atoms. The lowest BCUT2D eigenvalue weighted by Crippen LogP contribution is -2.55. The van der Waals surface area contributed by atoms with Gasteiger partial charge in [0.2, 0.25) is 11.6 Å². The van der Waals surface area contributed by atoms with Gasteiger partial charge in [0.05, 0.1) is 23.4 Å². The first-order valence-corrected chi connectivity index (χ1v) is 10.1. The summed E-state index contributed by atoms with van der Waals surface area (Å²) in [5.74, 6) is -1.17. The number of nitrogens with two attached hydrogens (primary N) is 1. The first kappa shape index (κ1) is 19.7. The normalized spacial score (nSPS) is 30.9. The summed E-state index contributed by atoms with van der Waals surface area (Å²) < 4.78 is 11.1. The van der Waals surface area contributed by atoms with Gasteiger partial charge in [-0.15, -0.1) is 0 Å². The van der Waals surface area contributed by atoms with E-state index < -0.39 is 17.7 Å². The van der Waals surface area contributed by atoms with Crippen LogP contribution in [0.25, 0.3) is 0 Å². The van der Waals surface area contributed by atoms with Crippen molar-refractivity contribution in [1.29, 1.82) is 0 Å². The average Bonchev–Trinajstić information content (AvgIpc) is 3.37. The maximum Gasteiger partial charge on any atom is 0.404 e. The van der Waals surface area contributed by atoms with E-state index in [2.05, 4.69) is 15.6 Å². The third kappa shape index (κ3) is 2.71. The van der Waals surface area contributed by atoms with Gasteiger partial charge in [-0.25, -0.2) is 4.79 Å². The second-order valence-electron chi connectivity index (χ2n) is 8.14. The molecule has 1 aromatic heterocycles. The maximum absolute atomic E-state index is 13.6. The van der Waals surface area contributed by atoms with Gasteiger partial charge < -0.3 is 30.7 Å². The van der Waals surface area contributed by atoms with E-state index in [9.17, 15) is 14.4 Å². The zero-order valence-corrected chi connectivity index (χ0v) is 17.2. The van der Waals surface area contributed by atoms with Gasteiger partial charge in [-0.3, -0.25) is 14.6 Å². The molecule has 0 radical (unpaired) electrons. The number of nitrogens with zero attached hydrogens (tertiary/aromatic N) is 2. The average molecular weight is 425 g/mol. The lowest BCUT2D eigenvalue weighted by atomic mass is 9.82. The van der Waals surface area contributed by atoms with Gasteiger partial charge in [-0.1, -0.05) is 6.07 Å². The number of Topliss-reactive ketones (excluding diaryl/α,β-unsaturated/α-hetero) is 2. The minimum Gasteiger partial charge on any atom is -0.449 e. The Morgan fingerprint density at radius 3 is 2.90 bits per heavy atom.